The summed E-state index contributed by atoms with van der Waals surface area (Å²) in [6, 6.07) is 14.0. The van der Waals surface area contributed by atoms with E-state index in [2.05, 4.69) is 43.4 Å². The molecule has 2 aromatic rings. The number of carbonyl (C=O) groups excluding carboxylic acids is 1. The maximum absolute atomic E-state index is 12.4. The Morgan fingerprint density at radius 2 is 1.65 bits per heavy atom. The summed E-state index contributed by atoms with van der Waals surface area (Å²) in [6.07, 6.45) is 0. The first-order valence-electron chi connectivity index (χ1n) is 8.68. The van der Waals surface area contributed by atoms with Crippen LogP contribution < -0.4 is 14.8 Å². The molecule has 0 spiro atoms. The van der Waals surface area contributed by atoms with Gasteiger partial charge in [0.05, 0.1) is 19.5 Å². The second-order valence-corrected chi connectivity index (χ2v) is 7.74. The van der Waals surface area contributed by atoms with E-state index in [0.717, 1.165) is 5.75 Å². The predicted octanol–water partition coefficient (Wildman–Crippen LogP) is 5.09. The van der Waals surface area contributed by atoms with Gasteiger partial charge in [-0.1, -0.05) is 38.1 Å². The van der Waals surface area contributed by atoms with Crippen LogP contribution in [0.3, 0.4) is 0 Å². The Morgan fingerprint density at radius 1 is 1.00 bits per heavy atom. The highest BCUT2D eigenvalue weighted by Crippen LogP contribution is 2.30. The normalized spacial score (nSPS) is 11.9. The summed E-state index contributed by atoms with van der Waals surface area (Å²) in [5.74, 6) is 2.54. The zero-order valence-corrected chi connectivity index (χ0v) is 16.9. The maximum Gasteiger partial charge on any atom is 0.237 e. The lowest BCUT2D eigenvalue weighted by Gasteiger charge is -2.14. The maximum atomic E-state index is 12.4. The van der Waals surface area contributed by atoms with Gasteiger partial charge in [0, 0.05) is 17.5 Å². The van der Waals surface area contributed by atoms with Crippen LogP contribution in [-0.4, -0.2) is 25.4 Å². The van der Waals surface area contributed by atoms with E-state index in [1.807, 2.05) is 6.92 Å². The molecule has 140 valence electrons. The third-order valence-electron chi connectivity index (χ3n) is 4.17. The lowest BCUT2D eigenvalue weighted by Crippen LogP contribution is -2.22. The van der Waals surface area contributed by atoms with E-state index < -0.39 is 0 Å². The second kappa shape index (κ2) is 9.53. The van der Waals surface area contributed by atoms with Gasteiger partial charge in [-0.2, -0.15) is 0 Å². The van der Waals surface area contributed by atoms with Crippen LogP contribution in [0.2, 0.25) is 0 Å². The zero-order valence-electron chi connectivity index (χ0n) is 16.0. The lowest BCUT2D eigenvalue weighted by atomic mass is 10.0. The van der Waals surface area contributed by atoms with Crippen LogP contribution in [0.4, 0.5) is 5.69 Å². The third kappa shape index (κ3) is 5.43. The third-order valence-corrected chi connectivity index (χ3v) is 5.38. The summed E-state index contributed by atoms with van der Waals surface area (Å²) in [5, 5.41) is 2.77. The molecule has 0 saturated heterocycles. The Bertz CT molecular complexity index is 729. The summed E-state index contributed by atoms with van der Waals surface area (Å²) >= 11 is 1.62. The van der Waals surface area contributed by atoms with Crippen LogP contribution >= 0.6 is 11.8 Å². The molecule has 0 saturated carbocycles. The molecule has 1 amide bonds. The molecule has 4 nitrogen and oxygen atoms in total. The van der Waals surface area contributed by atoms with Crippen molar-refractivity contribution in [2.45, 2.75) is 37.7 Å². The molecule has 1 N–H and O–H groups in total. The smallest absolute Gasteiger partial charge is 0.237 e. The summed E-state index contributed by atoms with van der Waals surface area (Å²) < 4.78 is 10.5. The lowest BCUT2D eigenvalue weighted by molar-refractivity contribution is -0.115. The molecular formula is C21H27NO3S. The van der Waals surface area contributed by atoms with Gasteiger partial charge in [0.2, 0.25) is 5.91 Å². The quantitative estimate of drug-likeness (QED) is 0.700. The van der Waals surface area contributed by atoms with Crippen molar-refractivity contribution in [2.24, 2.45) is 0 Å². The molecule has 1 atom stereocenters. The molecule has 0 fully saturated rings. The van der Waals surface area contributed by atoms with Crippen molar-refractivity contribution in [2.75, 3.05) is 19.5 Å². The van der Waals surface area contributed by atoms with Gasteiger partial charge in [-0.25, -0.2) is 0 Å². The Kier molecular flexibility index (Phi) is 7.39. The predicted molar refractivity (Wildman–Crippen MR) is 109 cm³/mol. The van der Waals surface area contributed by atoms with Gasteiger partial charge < -0.3 is 14.8 Å². The molecule has 1 unspecified atom stereocenters. The molecular weight excluding hydrogens is 346 g/mol. The second-order valence-electron chi connectivity index (χ2n) is 6.41. The summed E-state index contributed by atoms with van der Waals surface area (Å²) in [6.45, 7) is 6.29. The fourth-order valence-electron chi connectivity index (χ4n) is 2.45. The van der Waals surface area contributed by atoms with Crippen molar-refractivity contribution in [1.82, 2.24) is 0 Å². The summed E-state index contributed by atoms with van der Waals surface area (Å²) in [5.41, 5.74) is 3.25. The number of anilines is 1. The number of thioether (sulfide) groups is 1. The highest BCUT2D eigenvalue weighted by Gasteiger charge is 2.15. The van der Waals surface area contributed by atoms with Crippen molar-refractivity contribution < 1.29 is 14.3 Å². The highest BCUT2D eigenvalue weighted by molar-refractivity contribution is 7.99. The van der Waals surface area contributed by atoms with Gasteiger partial charge >= 0.3 is 0 Å². The molecule has 0 aliphatic heterocycles. The first-order chi connectivity index (χ1) is 12.4. The van der Waals surface area contributed by atoms with Crippen molar-refractivity contribution in [3.63, 3.8) is 0 Å². The average Bonchev–Trinajstić information content (AvgIpc) is 2.66. The summed E-state index contributed by atoms with van der Waals surface area (Å²) in [7, 11) is 3.16. The van der Waals surface area contributed by atoms with E-state index in [1.165, 1.54) is 11.1 Å². The van der Waals surface area contributed by atoms with E-state index in [4.69, 9.17) is 9.47 Å². The van der Waals surface area contributed by atoms with Gasteiger partial charge in [-0.3, -0.25) is 4.79 Å². The molecule has 2 rings (SSSR count). The van der Waals surface area contributed by atoms with Crippen LogP contribution in [0.15, 0.2) is 42.5 Å². The fourth-order valence-corrected chi connectivity index (χ4v) is 3.30. The number of nitrogens with one attached hydrogen (secondary N) is 1. The van der Waals surface area contributed by atoms with Crippen LogP contribution in [0.1, 0.15) is 37.8 Å². The SMILES string of the molecule is COc1ccc(NC(=O)C(C)SCc2ccc(C(C)C)cc2)cc1OC. The molecule has 0 aromatic heterocycles. The molecule has 5 heteroatoms. The molecule has 0 aliphatic rings. The molecule has 0 aliphatic carbocycles. The number of amides is 1. The number of rotatable bonds is 8. The number of benzene rings is 2. The standard InChI is InChI=1S/C21H27NO3S/c1-14(2)17-8-6-16(7-9-17)13-26-15(3)21(23)22-18-10-11-19(24-4)20(12-18)25-5/h6-12,14-15H,13H2,1-5H3,(H,22,23). The van der Waals surface area contributed by atoms with Crippen molar-refractivity contribution in [3.05, 3.63) is 53.6 Å². The Hall–Kier alpha value is -2.14. The highest BCUT2D eigenvalue weighted by atomic mass is 32.2. The van der Waals surface area contributed by atoms with E-state index in [9.17, 15) is 4.79 Å². The van der Waals surface area contributed by atoms with Crippen LogP contribution in [-0.2, 0) is 10.5 Å². The average molecular weight is 374 g/mol. The van der Waals surface area contributed by atoms with Crippen LogP contribution in [0.5, 0.6) is 11.5 Å². The molecule has 26 heavy (non-hydrogen) atoms. The Labute approximate surface area is 160 Å². The van der Waals surface area contributed by atoms with Crippen LogP contribution in [0.25, 0.3) is 0 Å². The van der Waals surface area contributed by atoms with Crippen molar-refractivity contribution in [1.29, 1.82) is 0 Å². The van der Waals surface area contributed by atoms with Crippen molar-refractivity contribution >= 4 is 23.4 Å². The van der Waals surface area contributed by atoms with Crippen molar-refractivity contribution in [3.8, 4) is 11.5 Å². The Balaban J connectivity index is 1.91. The molecule has 0 bridgehead atoms. The first-order valence-corrected chi connectivity index (χ1v) is 9.72. The van der Waals surface area contributed by atoms with Gasteiger partial charge in [0.15, 0.2) is 11.5 Å². The van der Waals surface area contributed by atoms with Gasteiger partial charge in [0.25, 0.3) is 0 Å². The number of ether oxygens (including phenoxy) is 2. The topological polar surface area (TPSA) is 47.6 Å². The first kappa shape index (κ1) is 20.2. The number of hydrogen-bond acceptors (Lipinski definition) is 4. The van der Waals surface area contributed by atoms with Gasteiger partial charge in [0.1, 0.15) is 0 Å². The number of methoxy groups -OCH3 is 2. The van der Waals surface area contributed by atoms with Gasteiger partial charge in [-0.05, 0) is 36.1 Å². The molecule has 0 heterocycles. The largest absolute Gasteiger partial charge is 0.493 e. The van der Waals surface area contributed by atoms with E-state index >= 15 is 0 Å². The van der Waals surface area contributed by atoms with Crippen LogP contribution in [0, 0.1) is 0 Å². The number of hydrogen-bond donors (Lipinski definition) is 1. The molecule has 2 aromatic carbocycles. The minimum atomic E-state index is -0.159. The van der Waals surface area contributed by atoms with E-state index in [0.29, 0.717) is 23.1 Å². The minimum Gasteiger partial charge on any atom is -0.493 e. The Morgan fingerprint density at radius 3 is 2.23 bits per heavy atom. The van der Waals surface area contributed by atoms with E-state index in [-0.39, 0.29) is 11.2 Å². The summed E-state index contributed by atoms with van der Waals surface area (Å²) in [4.78, 5) is 12.4. The zero-order chi connectivity index (χ0) is 19.1. The minimum absolute atomic E-state index is 0.0268. The van der Waals surface area contributed by atoms with E-state index in [1.54, 1.807) is 44.2 Å². The fraction of sp³-hybridized carbons (Fsp3) is 0.381. The molecule has 0 radical (unpaired) electrons. The number of carbonyl (C=O) groups is 1. The monoisotopic (exact) mass is 373 g/mol. The van der Waals surface area contributed by atoms with Gasteiger partial charge in [-0.15, -0.1) is 11.8 Å².